The van der Waals surface area contributed by atoms with Crippen LogP contribution in [0.15, 0.2) is 24.3 Å². The summed E-state index contributed by atoms with van der Waals surface area (Å²) in [5, 5.41) is 15.3. The lowest BCUT2D eigenvalue weighted by atomic mass is 9.95. The standard InChI is InChI=1S/C35H33F3N6O3/c1-2-22-24(37)6-4-18-12-21(45)13-23(27(18)22)30-29(38)31-28-32(42-34(41-31)47-17-35-9-3-10-43(35)15-19(36)14-35)44-16-20-5-7-25(39-20)26(44)8-11-46-33(28)40-30/h1,4,6,12-13,19-20,25-26,39,45H,3,5,7-11,14-17H2/t19-,20-,25+,26+,35+/m1/s1. The highest BCUT2D eigenvalue weighted by Crippen LogP contribution is 2.45. The molecule has 5 atom stereocenters. The number of nitrogens with one attached hydrogen (secondary N) is 1. The van der Waals surface area contributed by atoms with Gasteiger partial charge in [0.05, 0.1) is 17.7 Å². The van der Waals surface area contributed by atoms with Gasteiger partial charge in [0, 0.05) is 55.0 Å². The van der Waals surface area contributed by atoms with E-state index in [1.165, 1.54) is 24.3 Å². The maximum atomic E-state index is 17.1. The maximum Gasteiger partial charge on any atom is 0.319 e. The van der Waals surface area contributed by atoms with Crippen molar-refractivity contribution in [2.24, 2.45) is 0 Å². The van der Waals surface area contributed by atoms with Gasteiger partial charge in [0.2, 0.25) is 5.88 Å². The predicted octanol–water partition coefficient (Wildman–Crippen LogP) is 4.86. The molecule has 2 N–H and O–H groups in total. The largest absolute Gasteiger partial charge is 0.508 e. The van der Waals surface area contributed by atoms with Crippen LogP contribution in [0.3, 0.4) is 0 Å². The van der Waals surface area contributed by atoms with Gasteiger partial charge in [-0.15, -0.1) is 6.42 Å². The summed E-state index contributed by atoms with van der Waals surface area (Å²) in [6.45, 7) is 2.35. The first-order valence-electron chi connectivity index (χ1n) is 16.3. The Kier molecular flexibility index (Phi) is 6.50. The molecule has 4 fully saturated rings. The van der Waals surface area contributed by atoms with Gasteiger partial charge in [-0.25, -0.2) is 18.2 Å². The Morgan fingerprint density at radius 2 is 2.02 bits per heavy atom. The summed E-state index contributed by atoms with van der Waals surface area (Å²) < 4.78 is 59.2. The minimum atomic E-state index is -0.928. The molecule has 47 heavy (non-hydrogen) atoms. The SMILES string of the molecule is C#Cc1c(F)ccc2cc(O)cc(-c3nc4c5c(nc(OC[C@@]67CCCN6C[C@H](F)C7)nc5c3F)N3C[C@H]5CC[C@H](N5)[C@@H]3CCO4)c12. The highest BCUT2D eigenvalue weighted by atomic mass is 19.1. The Balaban J connectivity index is 1.26. The van der Waals surface area contributed by atoms with Gasteiger partial charge in [-0.3, -0.25) is 4.90 Å². The number of ether oxygens (including phenoxy) is 2. The van der Waals surface area contributed by atoms with Crippen molar-refractivity contribution in [2.75, 3.05) is 37.7 Å². The molecule has 9 nitrogen and oxygen atoms in total. The van der Waals surface area contributed by atoms with Crippen LogP contribution in [-0.2, 0) is 0 Å². The van der Waals surface area contributed by atoms with E-state index in [1.54, 1.807) is 0 Å². The smallest absolute Gasteiger partial charge is 0.319 e. The average molecular weight is 643 g/mol. The van der Waals surface area contributed by atoms with Crippen molar-refractivity contribution >= 4 is 27.5 Å². The zero-order valence-electron chi connectivity index (χ0n) is 25.6. The second kappa shape index (κ2) is 10.6. The molecule has 5 aliphatic heterocycles. The lowest BCUT2D eigenvalue weighted by Gasteiger charge is -2.43. The Morgan fingerprint density at radius 3 is 2.89 bits per heavy atom. The Hall–Kier alpha value is -4.34. The van der Waals surface area contributed by atoms with Gasteiger partial charge in [-0.1, -0.05) is 12.0 Å². The van der Waals surface area contributed by atoms with Crippen molar-refractivity contribution in [2.45, 2.75) is 68.4 Å². The molecule has 12 heteroatoms. The van der Waals surface area contributed by atoms with Gasteiger partial charge >= 0.3 is 6.01 Å². The summed E-state index contributed by atoms with van der Waals surface area (Å²) >= 11 is 0. The number of aromatic hydroxyl groups is 1. The molecule has 0 saturated carbocycles. The van der Waals surface area contributed by atoms with Gasteiger partial charge in [-0.05, 0) is 55.8 Å². The van der Waals surface area contributed by atoms with Crippen LogP contribution in [0.5, 0.6) is 17.6 Å². The fraction of sp³-hybridized carbons (Fsp3) is 0.457. The molecule has 0 unspecified atom stereocenters. The van der Waals surface area contributed by atoms with Crippen LogP contribution in [0.25, 0.3) is 32.9 Å². The van der Waals surface area contributed by atoms with Gasteiger partial charge in [0.1, 0.15) is 46.8 Å². The lowest BCUT2D eigenvalue weighted by molar-refractivity contribution is 0.107. The molecule has 0 spiro atoms. The fourth-order valence-corrected chi connectivity index (χ4v) is 8.82. The predicted molar refractivity (Wildman–Crippen MR) is 170 cm³/mol. The van der Waals surface area contributed by atoms with Crippen LogP contribution >= 0.6 is 0 Å². The highest BCUT2D eigenvalue weighted by molar-refractivity contribution is 6.04. The number of pyridine rings is 1. The number of benzene rings is 2. The minimum Gasteiger partial charge on any atom is -0.508 e. The lowest BCUT2D eigenvalue weighted by Crippen LogP contribution is -2.59. The topological polar surface area (TPSA) is 95.9 Å². The molecule has 2 bridgehead atoms. The number of alkyl halides is 1. The van der Waals surface area contributed by atoms with Crippen molar-refractivity contribution in [3.8, 4) is 41.2 Å². The zero-order valence-corrected chi connectivity index (χ0v) is 25.6. The van der Waals surface area contributed by atoms with Crippen LogP contribution in [0.1, 0.15) is 44.1 Å². The number of piperazine rings is 1. The maximum absolute atomic E-state index is 17.1. The quantitative estimate of drug-likeness (QED) is 0.303. The zero-order chi connectivity index (χ0) is 32.0. The van der Waals surface area contributed by atoms with Crippen molar-refractivity contribution in [3.05, 3.63) is 41.5 Å². The molecular weight excluding hydrogens is 609 g/mol. The second-order valence-electron chi connectivity index (χ2n) is 13.6. The summed E-state index contributed by atoms with van der Waals surface area (Å²) in [7, 11) is 0. The van der Waals surface area contributed by atoms with E-state index < -0.39 is 23.3 Å². The summed E-state index contributed by atoms with van der Waals surface area (Å²) in [6, 6.07) is 5.98. The molecule has 4 aromatic rings. The van der Waals surface area contributed by atoms with E-state index in [0.717, 1.165) is 32.2 Å². The van der Waals surface area contributed by atoms with Crippen LogP contribution in [0.4, 0.5) is 19.0 Å². The molecule has 2 aromatic carbocycles. The van der Waals surface area contributed by atoms with E-state index in [1.807, 2.05) is 0 Å². The normalized spacial score (nSPS) is 28.1. The van der Waals surface area contributed by atoms with Crippen molar-refractivity contribution < 1.29 is 27.8 Å². The highest BCUT2D eigenvalue weighted by Gasteiger charge is 2.50. The molecule has 242 valence electrons. The van der Waals surface area contributed by atoms with Gasteiger partial charge in [0.15, 0.2) is 5.82 Å². The molecule has 0 amide bonds. The summed E-state index contributed by atoms with van der Waals surface area (Å²) in [4.78, 5) is 18.6. The van der Waals surface area contributed by atoms with Crippen LogP contribution in [0, 0.1) is 24.0 Å². The average Bonchev–Trinajstić information content (AvgIpc) is 3.72. The number of hydrogen-bond acceptors (Lipinski definition) is 9. The Labute approximate surface area is 269 Å². The third-order valence-corrected chi connectivity index (χ3v) is 10.9. The number of terminal acetylenes is 1. The Bertz CT molecular complexity index is 2000. The van der Waals surface area contributed by atoms with E-state index >= 15 is 4.39 Å². The molecule has 4 saturated heterocycles. The van der Waals surface area contributed by atoms with E-state index in [4.69, 9.17) is 20.9 Å². The molecule has 0 radical (unpaired) electrons. The molecule has 7 heterocycles. The molecule has 9 rings (SSSR count). The third-order valence-electron chi connectivity index (χ3n) is 10.9. The molecule has 2 aromatic heterocycles. The fourth-order valence-electron chi connectivity index (χ4n) is 8.82. The van der Waals surface area contributed by atoms with Crippen LogP contribution in [-0.4, -0.2) is 87.6 Å². The first kappa shape index (κ1) is 28.8. The Morgan fingerprint density at radius 1 is 1.13 bits per heavy atom. The number of rotatable bonds is 4. The number of phenols is 1. The number of nitrogens with zero attached hydrogens (tertiary/aromatic N) is 5. The number of aromatic nitrogens is 3. The van der Waals surface area contributed by atoms with E-state index in [2.05, 4.69) is 31.0 Å². The van der Waals surface area contributed by atoms with E-state index in [0.29, 0.717) is 49.1 Å². The van der Waals surface area contributed by atoms with Gasteiger partial charge in [-0.2, -0.15) is 9.97 Å². The van der Waals surface area contributed by atoms with Crippen molar-refractivity contribution in [3.63, 3.8) is 0 Å². The number of halogens is 3. The second-order valence-corrected chi connectivity index (χ2v) is 13.6. The number of hydrogen-bond donors (Lipinski definition) is 2. The first-order chi connectivity index (χ1) is 22.8. The summed E-state index contributed by atoms with van der Waals surface area (Å²) in [5.41, 5.74) is -0.679. The summed E-state index contributed by atoms with van der Waals surface area (Å²) in [5.74, 6) is 1.37. The molecule has 5 aliphatic rings. The monoisotopic (exact) mass is 642 g/mol. The van der Waals surface area contributed by atoms with E-state index in [-0.39, 0.29) is 70.1 Å². The number of anilines is 1. The number of fused-ring (bicyclic) bond motifs is 7. The van der Waals surface area contributed by atoms with Gasteiger partial charge < -0.3 is 24.8 Å². The molecular formula is C35H33F3N6O3. The van der Waals surface area contributed by atoms with Crippen molar-refractivity contribution in [1.82, 2.24) is 25.2 Å². The summed E-state index contributed by atoms with van der Waals surface area (Å²) in [6.07, 6.45) is 9.64. The van der Waals surface area contributed by atoms with Gasteiger partial charge in [0.25, 0.3) is 0 Å². The minimum absolute atomic E-state index is 0.0145. The number of phenolic OH excluding ortho intramolecular Hbond substituents is 1. The van der Waals surface area contributed by atoms with E-state index in [9.17, 15) is 13.9 Å². The third kappa shape index (κ3) is 4.43. The van der Waals surface area contributed by atoms with Crippen LogP contribution < -0.4 is 19.7 Å². The van der Waals surface area contributed by atoms with Crippen molar-refractivity contribution in [1.29, 1.82) is 0 Å². The first-order valence-corrected chi connectivity index (χ1v) is 16.3. The van der Waals surface area contributed by atoms with Crippen LogP contribution in [0.2, 0.25) is 0 Å². The molecule has 0 aliphatic carbocycles.